The molecule has 2 rings (SSSR count). The average molecular weight is 325 g/mol. The van der Waals surface area contributed by atoms with Crippen LogP contribution in [0.3, 0.4) is 0 Å². The Kier molecular flexibility index (Phi) is 4.57. The highest BCUT2D eigenvalue weighted by Gasteiger charge is 2.04. The molecule has 19 heavy (non-hydrogen) atoms. The minimum absolute atomic E-state index is 0.354. The van der Waals surface area contributed by atoms with Crippen LogP contribution in [-0.2, 0) is 11.3 Å². The van der Waals surface area contributed by atoms with Gasteiger partial charge in [-0.3, -0.25) is 4.68 Å². The first-order valence-corrected chi connectivity index (χ1v) is 6.47. The number of hydrogen-bond acceptors (Lipinski definition) is 4. The fourth-order valence-electron chi connectivity index (χ4n) is 1.52. The first-order valence-electron chi connectivity index (χ1n) is 5.68. The van der Waals surface area contributed by atoms with Crippen LogP contribution in [0.25, 0.3) is 0 Å². The molecule has 2 aromatic rings. The molecule has 1 aromatic carbocycles. The van der Waals surface area contributed by atoms with E-state index in [1.54, 1.807) is 35.1 Å². The number of esters is 1. The van der Waals surface area contributed by atoms with Gasteiger partial charge in [-0.25, -0.2) is 4.79 Å². The molecule has 1 heterocycles. The number of carbonyl (C=O) groups excluding carboxylic acids is 1. The van der Waals surface area contributed by atoms with Crippen molar-refractivity contribution in [2.75, 3.05) is 13.7 Å². The monoisotopic (exact) mass is 324 g/mol. The molecule has 0 bridgehead atoms. The molecule has 1 aromatic heterocycles. The van der Waals surface area contributed by atoms with E-state index in [4.69, 9.17) is 4.74 Å². The lowest BCUT2D eigenvalue weighted by molar-refractivity contribution is 0.0600. The van der Waals surface area contributed by atoms with Gasteiger partial charge in [-0.15, -0.1) is 0 Å². The number of aromatic nitrogens is 2. The van der Waals surface area contributed by atoms with E-state index in [1.165, 1.54) is 7.11 Å². The van der Waals surface area contributed by atoms with Crippen molar-refractivity contribution in [2.24, 2.45) is 0 Å². The van der Waals surface area contributed by atoms with Gasteiger partial charge in [0.05, 0.1) is 29.9 Å². The van der Waals surface area contributed by atoms with Crippen molar-refractivity contribution in [3.05, 3.63) is 46.7 Å². The van der Waals surface area contributed by atoms with Crippen molar-refractivity contribution in [3.8, 4) is 5.75 Å². The van der Waals surface area contributed by atoms with Crippen LogP contribution in [0, 0.1) is 0 Å². The van der Waals surface area contributed by atoms with Crippen molar-refractivity contribution in [2.45, 2.75) is 6.54 Å². The van der Waals surface area contributed by atoms with E-state index in [0.29, 0.717) is 24.5 Å². The molecule has 0 spiro atoms. The molecule has 0 saturated heterocycles. The van der Waals surface area contributed by atoms with Crippen molar-refractivity contribution >= 4 is 21.9 Å². The number of ether oxygens (including phenoxy) is 2. The Morgan fingerprint density at radius 1 is 1.37 bits per heavy atom. The number of benzene rings is 1. The van der Waals surface area contributed by atoms with E-state index < -0.39 is 0 Å². The summed E-state index contributed by atoms with van der Waals surface area (Å²) < 4.78 is 12.9. The lowest BCUT2D eigenvalue weighted by atomic mass is 10.2. The third-order valence-electron chi connectivity index (χ3n) is 2.47. The topological polar surface area (TPSA) is 53.4 Å². The Morgan fingerprint density at radius 2 is 2.11 bits per heavy atom. The maximum atomic E-state index is 11.2. The number of halogens is 1. The highest BCUT2D eigenvalue weighted by atomic mass is 79.9. The Morgan fingerprint density at radius 3 is 2.68 bits per heavy atom. The zero-order chi connectivity index (χ0) is 13.7. The van der Waals surface area contributed by atoms with E-state index in [2.05, 4.69) is 25.8 Å². The molecule has 0 aliphatic carbocycles. The summed E-state index contributed by atoms with van der Waals surface area (Å²) in [4.78, 5) is 11.2. The Bertz CT molecular complexity index is 551. The van der Waals surface area contributed by atoms with Gasteiger partial charge in [-0.05, 0) is 40.2 Å². The molecule has 5 nitrogen and oxygen atoms in total. The molecular weight excluding hydrogens is 312 g/mol. The van der Waals surface area contributed by atoms with Gasteiger partial charge >= 0.3 is 5.97 Å². The predicted molar refractivity (Wildman–Crippen MR) is 73.2 cm³/mol. The summed E-state index contributed by atoms with van der Waals surface area (Å²) >= 11 is 3.33. The van der Waals surface area contributed by atoms with E-state index in [0.717, 1.165) is 4.47 Å². The van der Waals surface area contributed by atoms with Crippen molar-refractivity contribution < 1.29 is 14.3 Å². The molecule has 0 fully saturated rings. The largest absolute Gasteiger partial charge is 0.492 e. The summed E-state index contributed by atoms with van der Waals surface area (Å²) in [6.45, 7) is 1.16. The first kappa shape index (κ1) is 13.6. The molecule has 0 aliphatic heterocycles. The van der Waals surface area contributed by atoms with Crippen LogP contribution < -0.4 is 4.74 Å². The molecule has 100 valence electrons. The molecule has 0 amide bonds. The Balaban J connectivity index is 1.84. The summed E-state index contributed by atoms with van der Waals surface area (Å²) in [5, 5.41) is 4.12. The van der Waals surface area contributed by atoms with E-state index in [1.807, 2.05) is 6.20 Å². The van der Waals surface area contributed by atoms with Crippen LogP contribution >= 0.6 is 15.9 Å². The summed E-state index contributed by atoms with van der Waals surface area (Å²) in [5.74, 6) is 0.354. The number of methoxy groups -OCH3 is 1. The summed E-state index contributed by atoms with van der Waals surface area (Å²) in [6.07, 6.45) is 3.61. The maximum Gasteiger partial charge on any atom is 0.337 e. The fourth-order valence-corrected chi connectivity index (χ4v) is 1.85. The minimum Gasteiger partial charge on any atom is -0.492 e. The van der Waals surface area contributed by atoms with Gasteiger partial charge in [0.15, 0.2) is 0 Å². The van der Waals surface area contributed by atoms with Crippen LogP contribution in [0.5, 0.6) is 5.75 Å². The zero-order valence-electron chi connectivity index (χ0n) is 10.4. The summed E-state index contributed by atoms with van der Waals surface area (Å²) in [6, 6.07) is 6.83. The van der Waals surface area contributed by atoms with Crippen LogP contribution in [-0.4, -0.2) is 29.5 Å². The zero-order valence-corrected chi connectivity index (χ0v) is 12.0. The number of carbonyl (C=O) groups is 1. The van der Waals surface area contributed by atoms with Gasteiger partial charge in [0, 0.05) is 6.20 Å². The normalized spacial score (nSPS) is 10.2. The van der Waals surface area contributed by atoms with Gasteiger partial charge in [-0.1, -0.05) is 0 Å². The predicted octanol–water partition coefficient (Wildman–Crippen LogP) is 2.51. The van der Waals surface area contributed by atoms with Gasteiger partial charge in [0.2, 0.25) is 0 Å². The SMILES string of the molecule is COC(=O)c1ccc(OCCn2cc(Br)cn2)cc1. The molecule has 6 heteroatoms. The van der Waals surface area contributed by atoms with Gasteiger partial charge in [0.1, 0.15) is 12.4 Å². The summed E-state index contributed by atoms with van der Waals surface area (Å²) in [7, 11) is 1.36. The summed E-state index contributed by atoms with van der Waals surface area (Å²) in [5.41, 5.74) is 0.505. The van der Waals surface area contributed by atoms with Gasteiger partial charge < -0.3 is 9.47 Å². The first-order chi connectivity index (χ1) is 9.19. The Hall–Kier alpha value is -1.82. The molecular formula is C13H13BrN2O3. The molecule has 0 aliphatic rings. The van der Waals surface area contributed by atoms with Crippen LogP contribution in [0.15, 0.2) is 41.1 Å². The van der Waals surface area contributed by atoms with E-state index >= 15 is 0 Å². The van der Waals surface area contributed by atoms with E-state index in [9.17, 15) is 4.79 Å². The van der Waals surface area contributed by atoms with Gasteiger partial charge in [-0.2, -0.15) is 5.10 Å². The van der Waals surface area contributed by atoms with E-state index in [-0.39, 0.29) is 5.97 Å². The Labute approximate surface area is 119 Å². The molecule has 0 atom stereocenters. The second kappa shape index (κ2) is 6.38. The quantitative estimate of drug-likeness (QED) is 0.793. The lowest BCUT2D eigenvalue weighted by Gasteiger charge is -2.06. The minimum atomic E-state index is -0.354. The second-order valence-corrected chi connectivity index (χ2v) is 4.70. The van der Waals surface area contributed by atoms with Crippen LogP contribution in [0.1, 0.15) is 10.4 Å². The van der Waals surface area contributed by atoms with Crippen molar-refractivity contribution in [1.82, 2.24) is 9.78 Å². The third kappa shape index (κ3) is 3.82. The number of rotatable bonds is 5. The van der Waals surface area contributed by atoms with Crippen molar-refractivity contribution in [1.29, 1.82) is 0 Å². The standard InChI is InChI=1S/C13H13BrN2O3/c1-18-13(17)10-2-4-12(5-3-10)19-7-6-16-9-11(14)8-15-16/h2-5,8-9H,6-7H2,1H3. The third-order valence-corrected chi connectivity index (χ3v) is 2.88. The molecule has 0 unspecified atom stereocenters. The lowest BCUT2D eigenvalue weighted by Crippen LogP contribution is -2.08. The average Bonchev–Trinajstić information content (AvgIpc) is 2.84. The van der Waals surface area contributed by atoms with Gasteiger partial charge in [0.25, 0.3) is 0 Å². The van der Waals surface area contributed by atoms with Crippen LogP contribution in [0.2, 0.25) is 0 Å². The molecule has 0 saturated carbocycles. The number of nitrogens with zero attached hydrogens (tertiary/aromatic N) is 2. The maximum absolute atomic E-state index is 11.2. The number of hydrogen-bond donors (Lipinski definition) is 0. The second-order valence-electron chi connectivity index (χ2n) is 3.79. The smallest absolute Gasteiger partial charge is 0.337 e. The highest BCUT2D eigenvalue weighted by Crippen LogP contribution is 2.13. The fraction of sp³-hybridized carbons (Fsp3) is 0.231. The molecule has 0 radical (unpaired) electrons. The van der Waals surface area contributed by atoms with Crippen LogP contribution in [0.4, 0.5) is 0 Å². The highest BCUT2D eigenvalue weighted by molar-refractivity contribution is 9.10. The molecule has 0 N–H and O–H groups in total. The van der Waals surface area contributed by atoms with Crippen molar-refractivity contribution in [3.63, 3.8) is 0 Å².